The Balaban J connectivity index is 1.30. The standard InChI is InChI=1S/C14H22N2/c15-11-4-1-8(5-11)7-16-14-12-9-2-3-10(6-9)13(12)14/h1,4,8-14,16H,2-3,5-7,15H2. The van der Waals surface area contributed by atoms with Crippen molar-refractivity contribution in [2.45, 2.75) is 37.8 Å². The third-order valence-corrected chi connectivity index (χ3v) is 5.56. The minimum absolute atomic E-state index is 0.321. The largest absolute Gasteiger partial charge is 0.324 e. The van der Waals surface area contributed by atoms with Crippen LogP contribution in [0.3, 0.4) is 0 Å². The van der Waals surface area contributed by atoms with Gasteiger partial charge in [0.15, 0.2) is 0 Å². The van der Waals surface area contributed by atoms with Crippen LogP contribution in [0.4, 0.5) is 0 Å². The van der Waals surface area contributed by atoms with Crippen molar-refractivity contribution in [2.24, 2.45) is 35.3 Å². The van der Waals surface area contributed by atoms with Gasteiger partial charge in [0.05, 0.1) is 0 Å². The SMILES string of the molecule is NC1C=CC(CNC2C3C4CCC(C4)C23)C1. The van der Waals surface area contributed by atoms with Crippen LogP contribution in [0.1, 0.15) is 25.7 Å². The lowest BCUT2D eigenvalue weighted by Crippen LogP contribution is -2.29. The molecule has 4 aliphatic carbocycles. The Morgan fingerprint density at radius 2 is 1.81 bits per heavy atom. The first kappa shape index (κ1) is 9.67. The van der Waals surface area contributed by atoms with Crippen molar-refractivity contribution in [1.29, 1.82) is 0 Å². The molecule has 0 radical (unpaired) electrons. The number of nitrogens with one attached hydrogen (secondary N) is 1. The van der Waals surface area contributed by atoms with Crippen LogP contribution >= 0.6 is 0 Å². The number of hydrogen-bond donors (Lipinski definition) is 2. The molecule has 2 heteroatoms. The lowest BCUT2D eigenvalue weighted by molar-refractivity contribution is 0.437. The monoisotopic (exact) mass is 218 g/mol. The minimum Gasteiger partial charge on any atom is -0.324 e. The molecule has 2 nitrogen and oxygen atoms in total. The van der Waals surface area contributed by atoms with Gasteiger partial charge >= 0.3 is 0 Å². The lowest BCUT2D eigenvalue weighted by Gasteiger charge is -2.14. The molecule has 6 unspecified atom stereocenters. The summed E-state index contributed by atoms with van der Waals surface area (Å²) >= 11 is 0. The Kier molecular flexibility index (Phi) is 2.01. The van der Waals surface area contributed by atoms with Gasteiger partial charge in [0.2, 0.25) is 0 Å². The molecule has 0 aromatic heterocycles. The zero-order valence-corrected chi connectivity index (χ0v) is 9.81. The lowest BCUT2D eigenvalue weighted by atomic mass is 10.0. The third-order valence-electron chi connectivity index (χ3n) is 5.56. The van der Waals surface area contributed by atoms with E-state index in [2.05, 4.69) is 17.5 Å². The summed E-state index contributed by atoms with van der Waals surface area (Å²) in [6.07, 6.45) is 10.2. The van der Waals surface area contributed by atoms with E-state index in [1.165, 1.54) is 19.4 Å². The first-order valence-corrected chi connectivity index (χ1v) is 7.00. The maximum atomic E-state index is 5.88. The molecule has 3 N–H and O–H groups in total. The van der Waals surface area contributed by atoms with E-state index in [-0.39, 0.29) is 0 Å². The second-order valence-corrected chi connectivity index (χ2v) is 6.47. The molecule has 88 valence electrons. The van der Waals surface area contributed by atoms with Gasteiger partial charge in [0.25, 0.3) is 0 Å². The average Bonchev–Trinajstić information content (AvgIpc) is 2.70. The summed E-state index contributed by atoms with van der Waals surface area (Å²) in [5.41, 5.74) is 5.88. The third kappa shape index (κ3) is 1.32. The van der Waals surface area contributed by atoms with Gasteiger partial charge in [0, 0.05) is 18.6 Å². The Morgan fingerprint density at radius 1 is 1.06 bits per heavy atom. The van der Waals surface area contributed by atoms with Crippen molar-refractivity contribution in [3.8, 4) is 0 Å². The van der Waals surface area contributed by atoms with Gasteiger partial charge in [-0.15, -0.1) is 0 Å². The molecule has 0 aromatic rings. The number of hydrogen-bond acceptors (Lipinski definition) is 2. The van der Waals surface area contributed by atoms with Gasteiger partial charge in [-0.25, -0.2) is 0 Å². The van der Waals surface area contributed by atoms with Crippen molar-refractivity contribution < 1.29 is 0 Å². The molecule has 2 bridgehead atoms. The van der Waals surface area contributed by atoms with E-state index in [1.54, 1.807) is 6.42 Å². The average molecular weight is 218 g/mol. The highest BCUT2D eigenvalue weighted by Crippen LogP contribution is 2.65. The van der Waals surface area contributed by atoms with Gasteiger partial charge in [-0.05, 0) is 55.3 Å². The van der Waals surface area contributed by atoms with Crippen molar-refractivity contribution in [3.05, 3.63) is 12.2 Å². The number of nitrogens with two attached hydrogens (primary N) is 1. The first-order chi connectivity index (χ1) is 7.83. The topological polar surface area (TPSA) is 38.0 Å². The highest BCUT2D eigenvalue weighted by atomic mass is 15.0. The van der Waals surface area contributed by atoms with Crippen molar-refractivity contribution in [2.75, 3.05) is 6.54 Å². The van der Waals surface area contributed by atoms with E-state index in [0.717, 1.165) is 36.1 Å². The van der Waals surface area contributed by atoms with Gasteiger partial charge < -0.3 is 11.1 Å². The van der Waals surface area contributed by atoms with Crippen LogP contribution in [-0.4, -0.2) is 18.6 Å². The van der Waals surface area contributed by atoms with Crippen LogP contribution in [0.5, 0.6) is 0 Å². The molecule has 0 spiro atoms. The Hall–Kier alpha value is -0.340. The van der Waals surface area contributed by atoms with Crippen LogP contribution in [0.25, 0.3) is 0 Å². The van der Waals surface area contributed by atoms with E-state index >= 15 is 0 Å². The maximum absolute atomic E-state index is 5.88. The first-order valence-electron chi connectivity index (χ1n) is 7.00. The van der Waals surface area contributed by atoms with Crippen molar-refractivity contribution >= 4 is 0 Å². The van der Waals surface area contributed by atoms with Crippen LogP contribution in [-0.2, 0) is 0 Å². The molecule has 4 rings (SSSR count). The summed E-state index contributed by atoms with van der Waals surface area (Å²) in [5, 5.41) is 3.82. The summed E-state index contributed by atoms with van der Waals surface area (Å²) in [5.74, 6) is 5.02. The highest BCUT2D eigenvalue weighted by molar-refractivity contribution is 5.17. The number of fused-ring (bicyclic) bond motifs is 5. The molecule has 0 aromatic carbocycles. The summed E-state index contributed by atoms with van der Waals surface area (Å²) < 4.78 is 0. The van der Waals surface area contributed by atoms with Gasteiger partial charge in [-0.1, -0.05) is 12.2 Å². The second-order valence-electron chi connectivity index (χ2n) is 6.47. The fourth-order valence-corrected chi connectivity index (χ4v) is 4.84. The van der Waals surface area contributed by atoms with Crippen LogP contribution in [0.15, 0.2) is 12.2 Å². The normalized spacial score (nSPS) is 56.9. The molecule has 0 amide bonds. The van der Waals surface area contributed by atoms with E-state index < -0.39 is 0 Å². The Morgan fingerprint density at radius 3 is 2.44 bits per heavy atom. The van der Waals surface area contributed by atoms with E-state index in [1.807, 2.05) is 0 Å². The molecule has 3 fully saturated rings. The predicted molar refractivity (Wildman–Crippen MR) is 64.8 cm³/mol. The zero-order valence-electron chi connectivity index (χ0n) is 9.81. The quantitative estimate of drug-likeness (QED) is 0.705. The van der Waals surface area contributed by atoms with E-state index in [4.69, 9.17) is 5.73 Å². The minimum atomic E-state index is 0.321. The Bertz CT molecular complexity index is 309. The molecule has 16 heavy (non-hydrogen) atoms. The molecular weight excluding hydrogens is 196 g/mol. The molecule has 0 saturated heterocycles. The van der Waals surface area contributed by atoms with Crippen molar-refractivity contribution in [1.82, 2.24) is 5.32 Å². The van der Waals surface area contributed by atoms with Crippen molar-refractivity contribution in [3.63, 3.8) is 0 Å². The Labute approximate surface area is 97.7 Å². The zero-order chi connectivity index (χ0) is 10.7. The maximum Gasteiger partial charge on any atom is 0.0229 e. The fourth-order valence-electron chi connectivity index (χ4n) is 4.84. The molecule has 3 saturated carbocycles. The van der Waals surface area contributed by atoms with Gasteiger partial charge in [0.1, 0.15) is 0 Å². The summed E-state index contributed by atoms with van der Waals surface area (Å²) in [4.78, 5) is 0. The van der Waals surface area contributed by atoms with Crippen LogP contribution in [0.2, 0.25) is 0 Å². The smallest absolute Gasteiger partial charge is 0.0229 e. The highest BCUT2D eigenvalue weighted by Gasteiger charge is 2.64. The van der Waals surface area contributed by atoms with E-state index in [9.17, 15) is 0 Å². The molecule has 0 aliphatic heterocycles. The number of rotatable bonds is 3. The molecule has 0 heterocycles. The van der Waals surface area contributed by atoms with Gasteiger partial charge in [-0.2, -0.15) is 0 Å². The predicted octanol–water partition coefficient (Wildman–Crippen LogP) is 1.52. The molecule has 6 atom stereocenters. The fraction of sp³-hybridized carbons (Fsp3) is 0.857. The van der Waals surface area contributed by atoms with Crippen LogP contribution in [0, 0.1) is 29.6 Å². The van der Waals surface area contributed by atoms with Crippen LogP contribution < -0.4 is 11.1 Å². The molecular formula is C14H22N2. The summed E-state index contributed by atoms with van der Waals surface area (Å²) in [6.45, 7) is 1.17. The molecule has 4 aliphatic rings. The summed E-state index contributed by atoms with van der Waals surface area (Å²) in [7, 11) is 0. The van der Waals surface area contributed by atoms with E-state index in [0.29, 0.717) is 12.0 Å². The second kappa shape index (κ2) is 3.33. The van der Waals surface area contributed by atoms with Gasteiger partial charge in [-0.3, -0.25) is 0 Å². The summed E-state index contributed by atoms with van der Waals surface area (Å²) in [6, 6.07) is 1.21.